The normalized spacial score (nSPS) is 15.0. The summed E-state index contributed by atoms with van der Waals surface area (Å²) in [5.41, 5.74) is 10.1. The first-order valence-electron chi connectivity index (χ1n) is 14.4. The molecule has 0 aliphatic carbocycles. The zero-order chi connectivity index (χ0) is 28.1. The summed E-state index contributed by atoms with van der Waals surface area (Å²) < 4.78 is 2.01. The van der Waals surface area contributed by atoms with Gasteiger partial charge in [0.25, 0.3) is 0 Å². The van der Waals surface area contributed by atoms with Crippen LogP contribution in [0.2, 0.25) is 0 Å². The van der Waals surface area contributed by atoms with E-state index in [9.17, 15) is 4.79 Å². The number of nitrogens with zero attached hydrogens (tertiary/aromatic N) is 4. The van der Waals surface area contributed by atoms with Gasteiger partial charge in [-0.2, -0.15) is 0 Å². The Morgan fingerprint density at radius 1 is 0.738 bits per heavy atom. The number of imidazole rings is 2. The van der Waals surface area contributed by atoms with Crippen molar-refractivity contribution in [3.63, 3.8) is 0 Å². The summed E-state index contributed by atoms with van der Waals surface area (Å²) in [4.78, 5) is 33.9. The van der Waals surface area contributed by atoms with Crippen LogP contribution in [0, 0.1) is 0 Å². The molecular formula is C34H29N7O. The number of fused-ring (bicyclic) bond motifs is 3. The maximum atomic E-state index is 13.3. The molecule has 0 bridgehead atoms. The largest absolute Gasteiger partial charge is 0.351 e. The van der Waals surface area contributed by atoms with Gasteiger partial charge in [0.05, 0.1) is 50.0 Å². The van der Waals surface area contributed by atoms with E-state index in [1.165, 1.54) is 5.56 Å². The van der Waals surface area contributed by atoms with E-state index in [-0.39, 0.29) is 11.2 Å². The highest BCUT2D eigenvalue weighted by molar-refractivity contribution is 5.94. The third kappa shape index (κ3) is 4.11. The zero-order valence-corrected chi connectivity index (χ0v) is 23.0. The molecule has 0 amide bonds. The van der Waals surface area contributed by atoms with Crippen molar-refractivity contribution >= 4 is 33.1 Å². The van der Waals surface area contributed by atoms with Crippen molar-refractivity contribution in [3.8, 4) is 22.5 Å². The summed E-state index contributed by atoms with van der Waals surface area (Å²) in [6, 6.07) is 30.9. The maximum absolute atomic E-state index is 13.3. The SMILES string of the molecule is O=c1[nH]c2ccccc2n1C1(Cc2ccc(-c3[nH]c4cc5ncnc5cc4nc3-c3ccccc3)cc2)CCNCC1. The fourth-order valence-corrected chi connectivity index (χ4v) is 6.57. The van der Waals surface area contributed by atoms with Crippen molar-refractivity contribution in [1.29, 1.82) is 0 Å². The molecule has 1 saturated heterocycles. The molecule has 0 atom stereocenters. The summed E-state index contributed by atoms with van der Waals surface area (Å²) in [6.45, 7) is 1.76. The predicted molar refractivity (Wildman–Crippen MR) is 166 cm³/mol. The van der Waals surface area contributed by atoms with E-state index >= 15 is 0 Å². The standard InChI is InChI=1S/C34H29N7O/c42-33-40-25-8-4-5-9-30(25)41(33)34(14-16-35-17-15-34)20-22-10-12-24(13-11-22)32-31(23-6-2-1-3-7-23)38-28-18-26-27(37-21-36-26)19-29(28)39-32/h1-13,18-19,21,35,39H,14-17,20H2,(H,40,42). The van der Waals surface area contributed by atoms with Gasteiger partial charge in [-0.15, -0.1) is 0 Å². The van der Waals surface area contributed by atoms with Gasteiger partial charge in [0, 0.05) is 11.1 Å². The van der Waals surface area contributed by atoms with Crippen molar-refractivity contribution in [2.24, 2.45) is 0 Å². The van der Waals surface area contributed by atoms with Crippen LogP contribution in [0.4, 0.5) is 0 Å². The van der Waals surface area contributed by atoms with Crippen LogP contribution in [0.5, 0.6) is 0 Å². The van der Waals surface area contributed by atoms with Crippen molar-refractivity contribution in [1.82, 2.24) is 34.8 Å². The van der Waals surface area contributed by atoms with Gasteiger partial charge in [0.15, 0.2) is 0 Å². The van der Waals surface area contributed by atoms with E-state index in [2.05, 4.69) is 61.7 Å². The molecule has 0 saturated carbocycles. The van der Waals surface area contributed by atoms with Crippen molar-refractivity contribution < 1.29 is 0 Å². The number of nitrogens with one attached hydrogen (secondary N) is 3. The summed E-state index contributed by atoms with van der Waals surface area (Å²) in [7, 11) is 0. The highest BCUT2D eigenvalue weighted by Gasteiger charge is 2.36. The monoisotopic (exact) mass is 551 g/mol. The Bertz CT molecular complexity index is 2120. The average molecular weight is 552 g/mol. The van der Waals surface area contributed by atoms with Crippen molar-refractivity contribution in [2.75, 3.05) is 13.1 Å². The van der Waals surface area contributed by atoms with Crippen LogP contribution in [0.1, 0.15) is 18.4 Å². The van der Waals surface area contributed by atoms with E-state index in [4.69, 9.17) is 4.98 Å². The summed E-state index contributed by atoms with van der Waals surface area (Å²) >= 11 is 0. The van der Waals surface area contributed by atoms with Crippen molar-refractivity contribution in [3.05, 3.63) is 113 Å². The Hall–Kier alpha value is -5.08. The van der Waals surface area contributed by atoms with Crippen LogP contribution in [0.15, 0.2) is 102 Å². The van der Waals surface area contributed by atoms with E-state index in [0.717, 1.165) is 88.0 Å². The number of aromatic amines is 2. The molecule has 1 fully saturated rings. The van der Waals surface area contributed by atoms with Crippen LogP contribution < -0.4 is 11.0 Å². The molecule has 0 radical (unpaired) electrons. The lowest BCUT2D eigenvalue weighted by atomic mass is 9.81. The molecule has 0 spiro atoms. The van der Waals surface area contributed by atoms with Gasteiger partial charge >= 0.3 is 5.69 Å². The number of aromatic nitrogens is 6. The van der Waals surface area contributed by atoms with Crippen LogP contribution in [0.25, 0.3) is 55.6 Å². The second-order valence-electron chi connectivity index (χ2n) is 11.2. The minimum absolute atomic E-state index is 0.0392. The fraction of sp³-hybridized carbons (Fsp3) is 0.176. The van der Waals surface area contributed by atoms with Crippen LogP contribution >= 0.6 is 0 Å². The first-order valence-corrected chi connectivity index (χ1v) is 14.4. The molecule has 4 aromatic carbocycles. The average Bonchev–Trinajstić information content (AvgIpc) is 3.63. The Labute approximate surface area is 241 Å². The topological polar surface area (TPSA) is 104 Å². The minimum atomic E-state index is -0.304. The second-order valence-corrected chi connectivity index (χ2v) is 11.2. The van der Waals surface area contributed by atoms with Crippen molar-refractivity contribution in [2.45, 2.75) is 24.8 Å². The van der Waals surface area contributed by atoms with Gasteiger partial charge in [-0.3, -0.25) is 4.57 Å². The van der Waals surface area contributed by atoms with Gasteiger partial charge < -0.3 is 15.3 Å². The lowest BCUT2D eigenvalue weighted by Crippen LogP contribution is -2.49. The summed E-state index contributed by atoms with van der Waals surface area (Å²) in [5, 5.41) is 3.49. The number of hydrogen-bond donors (Lipinski definition) is 3. The van der Waals surface area contributed by atoms with E-state index in [1.54, 1.807) is 6.33 Å². The third-order valence-electron chi connectivity index (χ3n) is 8.64. The molecule has 0 unspecified atom stereocenters. The van der Waals surface area contributed by atoms with Gasteiger partial charge in [0.2, 0.25) is 0 Å². The molecule has 4 heterocycles. The summed E-state index contributed by atoms with van der Waals surface area (Å²) in [5.74, 6) is 0. The molecule has 42 heavy (non-hydrogen) atoms. The molecule has 7 aromatic rings. The number of rotatable bonds is 5. The Morgan fingerprint density at radius 2 is 1.48 bits per heavy atom. The number of H-pyrrole nitrogens is 2. The molecule has 8 nitrogen and oxygen atoms in total. The number of piperidine rings is 1. The first kappa shape index (κ1) is 24.7. The van der Waals surface area contributed by atoms with E-state index in [0.29, 0.717) is 0 Å². The van der Waals surface area contributed by atoms with E-state index < -0.39 is 0 Å². The summed E-state index contributed by atoms with van der Waals surface area (Å²) in [6.07, 6.45) is 4.13. The van der Waals surface area contributed by atoms with Gasteiger partial charge in [-0.1, -0.05) is 66.7 Å². The quantitative estimate of drug-likeness (QED) is 0.251. The predicted octanol–water partition coefficient (Wildman–Crippen LogP) is 5.80. The van der Waals surface area contributed by atoms with Crippen LogP contribution in [-0.2, 0) is 12.0 Å². The number of para-hydroxylation sites is 2. The lowest BCUT2D eigenvalue weighted by molar-refractivity contribution is 0.204. The van der Waals surface area contributed by atoms with Crippen LogP contribution in [-0.4, -0.2) is 42.6 Å². The Morgan fingerprint density at radius 3 is 2.29 bits per heavy atom. The molecular weight excluding hydrogens is 522 g/mol. The fourth-order valence-electron chi connectivity index (χ4n) is 6.57. The molecule has 1 aliphatic rings. The lowest BCUT2D eigenvalue weighted by Gasteiger charge is -2.39. The zero-order valence-electron chi connectivity index (χ0n) is 23.0. The maximum Gasteiger partial charge on any atom is 0.326 e. The van der Waals surface area contributed by atoms with Gasteiger partial charge in [-0.05, 0) is 62.2 Å². The molecule has 3 aromatic heterocycles. The molecule has 3 N–H and O–H groups in total. The van der Waals surface area contributed by atoms with Crippen LogP contribution in [0.3, 0.4) is 0 Å². The number of benzene rings is 4. The molecule has 1 aliphatic heterocycles. The first-order chi connectivity index (χ1) is 20.7. The molecule has 8 rings (SSSR count). The minimum Gasteiger partial charge on any atom is -0.351 e. The van der Waals surface area contributed by atoms with Gasteiger partial charge in [0.1, 0.15) is 6.33 Å². The smallest absolute Gasteiger partial charge is 0.326 e. The van der Waals surface area contributed by atoms with Gasteiger partial charge in [-0.25, -0.2) is 19.7 Å². The Kier molecular flexibility index (Phi) is 5.75. The van der Waals surface area contributed by atoms with E-state index in [1.807, 2.05) is 59.2 Å². The third-order valence-corrected chi connectivity index (χ3v) is 8.64. The Balaban J connectivity index is 1.22. The molecule has 206 valence electrons. The highest BCUT2D eigenvalue weighted by Crippen LogP contribution is 2.35. The highest BCUT2D eigenvalue weighted by atomic mass is 16.1. The number of hydrogen-bond acceptors (Lipinski definition) is 5. The molecule has 8 heteroatoms. The second kappa shape index (κ2) is 9.78.